The summed E-state index contributed by atoms with van der Waals surface area (Å²) in [5.74, 6) is -0.667. The third-order valence-corrected chi connectivity index (χ3v) is 5.27. The molecule has 0 heterocycles. The van der Waals surface area contributed by atoms with Crippen molar-refractivity contribution in [2.75, 3.05) is 31.7 Å². The highest BCUT2D eigenvalue weighted by atomic mass is 16.9. The van der Waals surface area contributed by atoms with Crippen molar-refractivity contribution in [3.05, 3.63) is 30.3 Å². The van der Waals surface area contributed by atoms with E-state index in [4.69, 9.17) is 14.2 Å². The number of para-hydroxylation sites is 1. The van der Waals surface area contributed by atoms with Gasteiger partial charge in [0.15, 0.2) is 0 Å². The van der Waals surface area contributed by atoms with Gasteiger partial charge in [0.05, 0.1) is 0 Å². The van der Waals surface area contributed by atoms with Gasteiger partial charge in [-0.1, -0.05) is 63.6 Å². The molecule has 0 bridgehead atoms. The molecule has 0 fully saturated rings. The van der Waals surface area contributed by atoms with Crippen LogP contribution >= 0.6 is 0 Å². The molecule has 1 aromatic carbocycles. The minimum absolute atomic E-state index is 0.242. The number of hydrogen-bond donors (Lipinski definition) is 1. The van der Waals surface area contributed by atoms with Crippen LogP contribution in [0.2, 0.25) is 0 Å². The molecule has 0 spiro atoms. The maximum Gasteiger partial charge on any atom is 0.285 e. The van der Waals surface area contributed by atoms with Gasteiger partial charge in [-0.25, -0.2) is 0 Å². The molecule has 1 aromatic rings. The van der Waals surface area contributed by atoms with Crippen molar-refractivity contribution in [3.63, 3.8) is 0 Å². The van der Waals surface area contributed by atoms with Gasteiger partial charge in [-0.3, -0.25) is 0 Å². The SMILES string of the molecule is CCCCCCCCC(CCCNc1ccccc1)C(OCC)(OCC)OCC. The smallest absolute Gasteiger partial charge is 0.285 e. The minimum atomic E-state index is -0.908. The largest absolute Gasteiger partial charge is 0.385 e. The van der Waals surface area contributed by atoms with Crippen LogP contribution in [-0.4, -0.2) is 32.3 Å². The molecule has 0 aliphatic carbocycles. The Morgan fingerprint density at radius 2 is 1.28 bits per heavy atom. The molecule has 0 aliphatic heterocycles. The predicted molar refractivity (Wildman–Crippen MR) is 123 cm³/mol. The highest BCUT2D eigenvalue weighted by Gasteiger charge is 2.41. The van der Waals surface area contributed by atoms with E-state index in [0.29, 0.717) is 19.8 Å². The number of anilines is 1. The minimum Gasteiger partial charge on any atom is -0.385 e. The maximum absolute atomic E-state index is 6.12. The van der Waals surface area contributed by atoms with Crippen LogP contribution in [0.4, 0.5) is 5.69 Å². The van der Waals surface area contributed by atoms with E-state index in [9.17, 15) is 0 Å². The van der Waals surface area contributed by atoms with Crippen molar-refractivity contribution < 1.29 is 14.2 Å². The maximum atomic E-state index is 6.12. The quantitative estimate of drug-likeness (QED) is 0.198. The van der Waals surface area contributed by atoms with Gasteiger partial charge in [0, 0.05) is 38.0 Å². The van der Waals surface area contributed by atoms with Crippen LogP contribution in [0.25, 0.3) is 0 Å². The van der Waals surface area contributed by atoms with Gasteiger partial charge >= 0.3 is 0 Å². The number of rotatable bonds is 19. The molecule has 0 aliphatic rings. The van der Waals surface area contributed by atoms with Crippen molar-refractivity contribution in [1.29, 1.82) is 0 Å². The summed E-state index contributed by atoms with van der Waals surface area (Å²) in [6.07, 6.45) is 10.9. The first kappa shape index (κ1) is 25.9. The Morgan fingerprint density at radius 1 is 0.724 bits per heavy atom. The van der Waals surface area contributed by atoms with Crippen molar-refractivity contribution >= 4 is 5.69 Å². The third kappa shape index (κ3) is 10.5. The molecule has 0 amide bonds. The van der Waals surface area contributed by atoms with Gasteiger partial charge in [-0.2, -0.15) is 0 Å². The second kappa shape index (κ2) is 16.7. The first-order valence-corrected chi connectivity index (χ1v) is 11.9. The van der Waals surface area contributed by atoms with E-state index < -0.39 is 5.97 Å². The molecular formula is C25H45NO3. The van der Waals surface area contributed by atoms with E-state index in [1.165, 1.54) is 44.2 Å². The Hall–Kier alpha value is -1.10. The fourth-order valence-electron chi connectivity index (χ4n) is 3.89. The zero-order valence-electron chi connectivity index (χ0n) is 19.4. The van der Waals surface area contributed by atoms with Gasteiger partial charge in [-0.15, -0.1) is 0 Å². The van der Waals surface area contributed by atoms with Crippen LogP contribution in [0.15, 0.2) is 30.3 Å². The first-order chi connectivity index (χ1) is 14.2. The van der Waals surface area contributed by atoms with E-state index in [-0.39, 0.29) is 5.92 Å². The monoisotopic (exact) mass is 407 g/mol. The molecule has 1 atom stereocenters. The summed E-state index contributed by atoms with van der Waals surface area (Å²) in [4.78, 5) is 0. The van der Waals surface area contributed by atoms with Crippen LogP contribution in [0.3, 0.4) is 0 Å². The number of hydrogen-bond acceptors (Lipinski definition) is 4. The molecular weight excluding hydrogens is 362 g/mol. The van der Waals surface area contributed by atoms with Gasteiger partial charge < -0.3 is 19.5 Å². The van der Waals surface area contributed by atoms with Crippen LogP contribution in [0.1, 0.15) is 85.5 Å². The second-order valence-corrected chi connectivity index (χ2v) is 7.59. The Bertz CT molecular complexity index is 463. The van der Waals surface area contributed by atoms with Crippen LogP contribution in [0, 0.1) is 5.92 Å². The number of benzene rings is 1. The lowest BCUT2D eigenvalue weighted by molar-refractivity contribution is -0.403. The molecule has 1 unspecified atom stereocenters. The van der Waals surface area contributed by atoms with Gasteiger partial charge in [0.25, 0.3) is 5.97 Å². The lowest BCUT2D eigenvalue weighted by Gasteiger charge is -2.39. The highest BCUT2D eigenvalue weighted by Crippen LogP contribution is 2.34. The summed E-state index contributed by atoms with van der Waals surface area (Å²) in [7, 11) is 0. The van der Waals surface area contributed by atoms with Crippen LogP contribution in [-0.2, 0) is 14.2 Å². The summed E-state index contributed by atoms with van der Waals surface area (Å²) in [6.45, 7) is 11.0. The number of nitrogens with one attached hydrogen (secondary N) is 1. The lowest BCUT2D eigenvalue weighted by atomic mass is 9.92. The summed E-state index contributed by atoms with van der Waals surface area (Å²) < 4.78 is 18.4. The fraction of sp³-hybridized carbons (Fsp3) is 0.760. The van der Waals surface area contributed by atoms with E-state index in [1.54, 1.807) is 0 Å². The summed E-state index contributed by atoms with van der Waals surface area (Å²) in [6, 6.07) is 10.4. The molecule has 1 N–H and O–H groups in total. The Balaban J connectivity index is 2.65. The molecule has 0 aromatic heterocycles. The zero-order valence-corrected chi connectivity index (χ0v) is 19.4. The van der Waals surface area contributed by atoms with Crippen molar-refractivity contribution in [2.24, 2.45) is 5.92 Å². The van der Waals surface area contributed by atoms with Gasteiger partial charge in [0.1, 0.15) is 0 Å². The lowest BCUT2D eigenvalue weighted by Crippen LogP contribution is -2.47. The second-order valence-electron chi connectivity index (χ2n) is 7.59. The summed E-state index contributed by atoms with van der Waals surface area (Å²) >= 11 is 0. The normalized spacial score (nSPS) is 12.8. The van der Waals surface area contributed by atoms with Gasteiger partial charge in [-0.05, 0) is 52.2 Å². The molecule has 4 nitrogen and oxygen atoms in total. The van der Waals surface area contributed by atoms with E-state index in [1.807, 2.05) is 26.8 Å². The Labute approximate surface area is 179 Å². The average Bonchev–Trinajstić information content (AvgIpc) is 2.73. The fourth-order valence-corrected chi connectivity index (χ4v) is 3.89. The number of ether oxygens (including phenoxy) is 3. The highest BCUT2D eigenvalue weighted by molar-refractivity contribution is 5.42. The Kier molecular flexibility index (Phi) is 14.9. The topological polar surface area (TPSA) is 39.7 Å². The van der Waals surface area contributed by atoms with E-state index in [2.05, 4.69) is 36.5 Å². The zero-order chi connectivity index (χ0) is 21.2. The molecule has 168 valence electrons. The van der Waals surface area contributed by atoms with Crippen molar-refractivity contribution in [1.82, 2.24) is 0 Å². The predicted octanol–water partition coefficient (Wildman–Crippen LogP) is 7.01. The molecule has 0 radical (unpaired) electrons. The van der Waals surface area contributed by atoms with Crippen LogP contribution in [0.5, 0.6) is 0 Å². The van der Waals surface area contributed by atoms with Crippen molar-refractivity contribution in [2.45, 2.75) is 91.5 Å². The summed E-state index contributed by atoms with van der Waals surface area (Å²) in [5, 5.41) is 3.52. The summed E-state index contributed by atoms with van der Waals surface area (Å²) in [5.41, 5.74) is 1.17. The number of unbranched alkanes of at least 4 members (excludes halogenated alkanes) is 5. The van der Waals surface area contributed by atoms with Crippen LogP contribution < -0.4 is 5.32 Å². The van der Waals surface area contributed by atoms with E-state index in [0.717, 1.165) is 25.8 Å². The van der Waals surface area contributed by atoms with E-state index >= 15 is 0 Å². The average molecular weight is 408 g/mol. The third-order valence-electron chi connectivity index (χ3n) is 5.27. The molecule has 29 heavy (non-hydrogen) atoms. The standard InChI is InChI=1S/C25H45NO3/c1-5-9-10-11-12-14-18-23(25(27-6-2,28-7-3)29-8-4)19-17-22-26-24-20-15-13-16-21-24/h13,15-16,20-21,23,26H,5-12,14,17-19,22H2,1-4H3. The molecule has 4 heteroatoms. The Morgan fingerprint density at radius 3 is 1.86 bits per heavy atom. The van der Waals surface area contributed by atoms with Gasteiger partial charge in [0.2, 0.25) is 0 Å². The first-order valence-electron chi connectivity index (χ1n) is 11.9. The molecule has 1 rings (SSSR count). The molecule has 0 saturated heterocycles. The molecule has 0 saturated carbocycles. The van der Waals surface area contributed by atoms with Crippen molar-refractivity contribution in [3.8, 4) is 0 Å².